The fourth-order valence-corrected chi connectivity index (χ4v) is 1.57. The summed E-state index contributed by atoms with van der Waals surface area (Å²) in [4.78, 5) is 0. The molecule has 0 bridgehead atoms. The van der Waals surface area contributed by atoms with Crippen molar-refractivity contribution in [3.05, 3.63) is 0 Å². The van der Waals surface area contributed by atoms with Crippen LogP contribution >= 0.6 is 0 Å². The number of hydrogen-bond acceptors (Lipinski definition) is 4. The molecule has 12 heavy (non-hydrogen) atoms. The number of hydrogen-bond donors (Lipinski definition) is 4. The lowest BCUT2D eigenvalue weighted by atomic mass is 9.91. The van der Waals surface area contributed by atoms with Crippen molar-refractivity contribution in [2.45, 2.75) is 25.0 Å². The van der Waals surface area contributed by atoms with Crippen molar-refractivity contribution in [1.82, 2.24) is 5.32 Å². The van der Waals surface area contributed by atoms with Crippen LogP contribution < -0.4 is 5.32 Å². The zero-order valence-electron chi connectivity index (χ0n) is 7.11. The maximum atomic E-state index is 9.48. The lowest BCUT2D eigenvalue weighted by Crippen LogP contribution is -2.41. The fourth-order valence-electron chi connectivity index (χ4n) is 1.57. The highest BCUT2D eigenvalue weighted by molar-refractivity contribution is 4.79. The van der Waals surface area contributed by atoms with E-state index in [9.17, 15) is 5.11 Å². The topological polar surface area (TPSA) is 72.7 Å². The minimum atomic E-state index is -0.690. The molecule has 0 spiro atoms. The van der Waals surface area contributed by atoms with E-state index in [4.69, 9.17) is 10.2 Å². The van der Waals surface area contributed by atoms with E-state index in [0.29, 0.717) is 6.42 Å². The van der Waals surface area contributed by atoms with Gasteiger partial charge in [-0.05, 0) is 25.3 Å². The molecule has 0 saturated carbocycles. The summed E-state index contributed by atoms with van der Waals surface area (Å²) in [6.07, 6.45) is 0.199. The normalized spacial score (nSPS) is 33.2. The van der Waals surface area contributed by atoms with Crippen LogP contribution in [0.15, 0.2) is 0 Å². The largest absolute Gasteiger partial charge is 0.394 e. The van der Waals surface area contributed by atoms with Crippen LogP contribution in [0.2, 0.25) is 0 Å². The van der Waals surface area contributed by atoms with Gasteiger partial charge in [-0.2, -0.15) is 0 Å². The Bertz CT molecular complexity index is 131. The Morgan fingerprint density at radius 2 is 2.25 bits per heavy atom. The summed E-state index contributed by atoms with van der Waals surface area (Å²) in [5.41, 5.74) is 0. The van der Waals surface area contributed by atoms with Gasteiger partial charge in [0.1, 0.15) is 0 Å². The summed E-state index contributed by atoms with van der Waals surface area (Å²) in [6, 6.07) is 0. The second-order valence-corrected chi connectivity index (χ2v) is 3.39. The average molecular weight is 175 g/mol. The van der Waals surface area contributed by atoms with Crippen molar-refractivity contribution in [2.75, 3.05) is 19.7 Å². The molecule has 4 heteroatoms. The highest BCUT2D eigenvalue weighted by Crippen LogP contribution is 2.16. The lowest BCUT2D eigenvalue weighted by Gasteiger charge is -2.29. The van der Waals surface area contributed by atoms with Crippen LogP contribution in [0.3, 0.4) is 0 Å². The molecule has 0 amide bonds. The van der Waals surface area contributed by atoms with E-state index in [2.05, 4.69) is 5.32 Å². The molecular weight excluding hydrogens is 158 g/mol. The van der Waals surface area contributed by atoms with Gasteiger partial charge in [-0.15, -0.1) is 0 Å². The number of nitrogens with one attached hydrogen (secondary N) is 1. The Balaban J connectivity index is 2.28. The van der Waals surface area contributed by atoms with E-state index in [-0.39, 0.29) is 18.6 Å². The van der Waals surface area contributed by atoms with E-state index in [1.807, 2.05) is 0 Å². The summed E-state index contributed by atoms with van der Waals surface area (Å²) in [6.45, 7) is 1.36. The molecule has 4 N–H and O–H groups in total. The highest BCUT2D eigenvalue weighted by Gasteiger charge is 2.24. The SMILES string of the molecule is OCC(O)CC1CNCCC1O. The first-order valence-electron chi connectivity index (χ1n) is 4.41. The minimum Gasteiger partial charge on any atom is -0.394 e. The molecule has 72 valence electrons. The quantitative estimate of drug-likeness (QED) is 0.430. The van der Waals surface area contributed by atoms with Crippen molar-refractivity contribution in [1.29, 1.82) is 0 Å². The third kappa shape index (κ3) is 2.71. The predicted molar refractivity (Wildman–Crippen MR) is 44.7 cm³/mol. The molecule has 1 fully saturated rings. The van der Waals surface area contributed by atoms with Gasteiger partial charge in [-0.25, -0.2) is 0 Å². The second kappa shape index (κ2) is 4.77. The molecule has 0 aliphatic carbocycles. The summed E-state index contributed by atoms with van der Waals surface area (Å²) in [7, 11) is 0. The average Bonchev–Trinajstić information content (AvgIpc) is 2.09. The molecule has 4 nitrogen and oxygen atoms in total. The Morgan fingerprint density at radius 3 is 2.83 bits per heavy atom. The van der Waals surface area contributed by atoms with Crippen molar-refractivity contribution in [2.24, 2.45) is 5.92 Å². The van der Waals surface area contributed by atoms with Gasteiger partial charge in [0.15, 0.2) is 0 Å². The van der Waals surface area contributed by atoms with E-state index in [1.165, 1.54) is 0 Å². The van der Waals surface area contributed by atoms with E-state index in [1.54, 1.807) is 0 Å². The van der Waals surface area contributed by atoms with E-state index in [0.717, 1.165) is 19.5 Å². The molecule has 0 aromatic rings. The smallest absolute Gasteiger partial charge is 0.0775 e. The maximum absolute atomic E-state index is 9.48. The zero-order valence-corrected chi connectivity index (χ0v) is 7.11. The summed E-state index contributed by atoms with van der Waals surface area (Å²) < 4.78 is 0. The predicted octanol–water partition coefficient (Wildman–Crippen LogP) is -1.30. The second-order valence-electron chi connectivity index (χ2n) is 3.39. The minimum absolute atomic E-state index is 0.0842. The van der Waals surface area contributed by atoms with Crippen molar-refractivity contribution in [3.8, 4) is 0 Å². The van der Waals surface area contributed by atoms with Crippen LogP contribution in [0.5, 0.6) is 0 Å². The first-order valence-corrected chi connectivity index (χ1v) is 4.41. The van der Waals surface area contributed by atoms with Gasteiger partial charge in [0.2, 0.25) is 0 Å². The highest BCUT2D eigenvalue weighted by atomic mass is 16.3. The van der Waals surface area contributed by atoms with Gasteiger partial charge in [-0.3, -0.25) is 0 Å². The number of aliphatic hydroxyl groups excluding tert-OH is 3. The molecule has 0 aromatic carbocycles. The van der Waals surface area contributed by atoms with Gasteiger partial charge < -0.3 is 20.6 Å². The summed E-state index contributed by atoms with van der Waals surface area (Å²) in [5.74, 6) is 0.0842. The molecule has 3 unspecified atom stereocenters. The molecule has 1 saturated heterocycles. The fraction of sp³-hybridized carbons (Fsp3) is 1.00. The molecule has 0 aromatic heterocycles. The Hall–Kier alpha value is -0.160. The standard InChI is InChI=1S/C8H17NO3/c10-5-7(11)3-6-4-9-2-1-8(6)12/h6-12H,1-5H2. The van der Waals surface area contributed by atoms with Crippen molar-refractivity contribution in [3.63, 3.8) is 0 Å². The van der Waals surface area contributed by atoms with Crippen LogP contribution in [0.1, 0.15) is 12.8 Å². The molecule has 3 atom stereocenters. The van der Waals surface area contributed by atoms with Gasteiger partial charge in [0.05, 0.1) is 18.8 Å². The van der Waals surface area contributed by atoms with Crippen LogP contribution in [0.25, 0.3) is 0 Å². The summed E-state index contributed by atoms with van der Waals surface area (Å²) >= 11 is 0. The van der Waals surface area contributed by atoms with Crippen LogP contribution in [-0.2, 0) is 0 Å². The third-order valence-corrected chi connectivity index (χ3v) is 2.35. The number of piperidine rings is 1. The zero-order chi connectivity index (χ0) is 8.97. The molecule has 1 rings (SSSR count). The maximum Gasteiger partial charge on any atom is 0.0775 e. The molecule has 1 heterocycles. The van der Waals surface area contributed by atoms with E-state index < -0.39 is 6.10 Å². The lowest BCUT2D eigenvalue weighted by molar-refractivity contribution is 0.0215. The van der Waals surface area contributed by atoms with Gasteiger partial charge in [0, 0.05) is 6.54 Å². The molecule has 1 aliphatic rings. The van der Waals surface area contributed by atoms with E-state index >= 15 is 0 Å². The number of rotatable bonds is 3. The van der Waals surface area contributed by atoms with Crippen LogP contribution in [0.4, 0.5) is 0 Å². The van der Waals surface area contributed by atoms with Crippen LogP contribution in [0, 0.1) is 5.92 Å². The first kappa shape index (κ1) is 9.92. The third-order valence-electron chi connectivity index (χ3n) is 2.35. The Kier molecular flexibility index (Phi) is 3.94. The Labute approximate surface area is 72.2 Å². The van der Waals surface area contributed by atoms with Gasteiger partial charge >= 0.3 is 0 Å². The Morgan fingerprint density at radius 1 is 1.50 bits per heavy atom. The van der Waals surface area contributed by atoms with Gasteiger partial charge in [-0.1, -0.05) is 0 Å². The molecular formula is C8H17NO3. The number of aliphatic hydroxyl groups is 3. The van der Waals surface area contributed by atoms with Crippen molar-refractivity contribution < 1.29 is 15.3 Å². The summed E-state index contributed by atoms with van der Waals surface area (Å²) in [5, 5.41) is 30.4. The molecule has 1 aliphatic heterocycles. The monoisotopic (exact) mass is 175 g/mol. The van der Waals surface area contributed by atoms with Gasteiger partial charge in [0.25, 0.3) is 0 Å². The van der Waals surface area contributed by atoms with Crippen molar-refractivity contribution >= 4 is 0 Å². The van der Waals surface area contributed by atoms with Crippen LogP contribution in [-0.4, -0.2) is 47.2 Å². The first-order chi connectivity index (χ1) is 5.74. The molecule has 0 radical (unpaired) electrons.